The molecule has 2 N–H and O–H groups in total. The number of carbonyl (C=O) groups is 2. The molecule has 0 radical (unpaired) electrons. The maximum absolute atomic E-state index is 12.8. The zero-order valence-electron chi connectivity index (χ0n) is 17.9. The second kappa shape index (κ2) is 12.2. The molecule has 1 aliphatic carbocycles. The lowest BCUT2D eigenvalue weighted by molar-refractivity contribution is -0.140. The number of unbranched alkanes of at least 4 members (excludes halogenated alkanes) is 3. The van der Waals surface area contributed by atoms with Crippen LogP contribution < -0.4 is 0 Å². The van der Waals surface area contributed by atoms with Gasteiger partial charge in [-0.1, -0.05) is 64.3 Å². The summed E-state index contributed by atoms with van der Waals surface area (Å²) in [6.45, 7) is 5.70. The number of hydrogen-bond donors (Lipinski definition) is 2. The summed E-state index contributed by atoms with van der Waals surface area (Å²) in [6.07, 6.45) is 12.5. The standard InChI is InChI=1S/C23H38O5/c1-5-6-9-12-17(24)15-16-19-18(21(26)23(2,3)22(19)27)13-10-7-8-11-14-20(25)28-4/h7,10,15-19,22,24,27H,5-6,8-9,11-14H2,1-4H3/t17-,18+,19+,22-/m0/s1. The summed E-state index contributed by atoms with van der Waals surface area (Å²) in [5.74, 6) is -0.731. The van der Waals surface area contributed by atoms with E-state index in [1.165, 1.54) is 7.11 Å². The average molecular weight is 395 g/mol. The third-order valence-electron chi connectivity index (χ3n) is 5.74. The van der Waals surface area contributed by atoms with Crippen LogP contribution in [0.25, 0.3) is 0 Å². The zero-order chi connectivity index (χ0) is 21.2. The van der Waals surface area contributed by atoms with Crippen molar-refractivity contribution < 1.29 is 24.5 Å². The molecule has 0 aliphatic heterocycles. The van der Waals surface area contributed by atoms with Crippen molar-refractivity contribution in [2.45, 2.75) is 84.3 Å². The summed E-state index contributed by atoms with van der Waals surface area (Å²) in [7, 11) is 1.38. The molecule has 28 heavy (non-hydrogen) atoms. The van der Waals surface area contributed by atoms with Crippen LogP contribution in [0, 0.1) is 17.3 Å². The van der Waals surface area contributed by atoms with Crippen molar-refractivity contribution in [3.8, 4) is 0 Å². The molecular weight excluding hydrogens is 356 g/mol. The van der Waals surface area contributed by atoms with Crippen LogP contribution in [0.2, 0.25) is 0 Å². The molecule has 0 spiro atoms. The summed E-state index contributed by atoms with van der Waals surface area (Å²) < 4.78 is 4.61. The molecule has 1 saturated carbocycles. The molecule has 0 aromatic rings. The van der Waals surface area contributed by atoms with Crippen molar-refractivity contribution in [3.05, 3.63) is 24.3 Å². The molecular formula is C23H38O5. The first kappa shape index (κ1) is 24.6. The molecule has 0 amide bonds. The molecule has 1 rings (SSSR count). The maximum atomic E-state index is 12.8. The minimum Gasteiger partial charge on any atom is -0.469 e. The van der Waals surface area contributed by atoms with Crippen molar-refractivity contribution in [2.75, 3.05) is 7.11 Å². The fourth-order valence-electron chi connectivity index (χ4n) is 3.79. The van der Waals surface area contributed by atoms with E-state index < -0.39 is 17.6 Å². The number of esters is 1. The average Bonchev–Trinajstić information content (AvgIpc) is 2.82. The largest absolute Gasteiger partial charge is 0.469 e. The second-order valence-corrected chi connectivity index (χ2v) is 8.34. The number of Topliss-reactive ketones (excluding diaryl/α,β-unsaturated/α-hetero) is 1. The first-order valence-electron chi connectivity index (χ1n) is 10.6. The van der Waals surface area contributed by atoms with Gasteiger partial charge in [-0.05, 0) is 25.7 Å². The van der Waals surface area contributed by atoms with Crippen LogP contribution in [0.3, 0.4) is 0 Å². The Bertz CT molecular complexity index is 549. The van der Waals surface area contributed by atoms with Crippen molar-refractivity contribution in [1.82, 2.24) is 0 Å². The molecule has 0 aromatic carbocycles. The van der Waals surface area contributed by atoms with Gasteiger partial charge in [-0.25, -0.2) is 0 Å². The predicted octanol–water partition coefficient (Wildman–Crippen LogP) is 3.98. The highest BCUT2D eigenvalue weighted by Crippen LogP contribution is 2.44. The molecule has 160 valence electrons. The van der Waals surface area contributed by atoms with Crippen LogP contribution in [0.5, 0.6) is 0 Å². The number of aliphatic hydroxyl groups is 2. The van der Waals surface area contributed by atoms with Crippen molar-refractivity contribution in [1.29, 1.82) is 0 Å². The number of rotatable bonds is 12. The van der Waals surface area contributed by atoms with Gasteiger partial charge in [-0.3, -0.25) is 9.59 Å². The van der Waals surface area contributed by atoms with E-state index >= 15 is 0 Å². The van der Waals surface area contributed by atoms with Gasteiger partial charge in [0.1, 0.15) is 5.78 Å². The van der Waals surface area contributed by atoms with Gasteiger partial charge in [-0.2, -0.15) is 0 Å². The summed E-state index contributed by atoms with van der Waals surface area (Å²) >= 11 is 0. The first-order valence-corrected chi connectivity index (χ1v) is 10.6. The fraction of sp³-hybridized carbons (Fsp3) is 0.739. The van der Waals surface area contributed by atoms with E-state index in [-0.39, 0.29) is 23.6 Å². The SMILES string of the molecule is CCCCC[C@H](O)C=C[C@@H]1[C@@H](CC=CCCCC(=O)OC)C(=O)C(C)(C)[C@H]1O. The van der Waals surface area contributed by atoms with E-state index in [9.17, 15) is 19.8 Å². The smallest absolute Gasteiger partial charge is 0.305 e. The van der Waals surface area contributed by atoms with Gasteiger partial charge < -0.3 is 14.9 Å². The lowest BCUT2D eigenvalue weighted by atomic mass is 9.86. The Morgan fingerprint density at radius 2 is 1.96 bits per heavy atom. The first-order chi connectivity index (χ1) is 13.3. The third kappa shape index (κ3) is 7.17. The highest BCUT2D eigenvalue weighted by Gasteiger charge is 2.52. The van der Waals surface area contributed by atoms with Gasteiger partial charge in [-0.15, -0.1) is 0 Å². The second-order valence-electron chi connectivity index (χ2n) is 8.34. The molecule has 1 aliphatic rings. The highest BCUT2D eigenvalue weighted by molar-refractivity contribution is 5.90. The van der Waals surface area contributed by atoms with E-state index in [1.807, 2.05) is 18.2 Å². The number of aliphatic hydroxyl groups excluding tert-OH is 2. The highest BCUT2D eigenvalue weighted by atomic mass is 16.5. The van der Waals surface area contributed by atoms with E-state index in [0.717, 1.165) is 25.7 Å². The van der Waals surface area contributed by atoms with Gasteiger partial charge in [0, 0.05) is 18.3 Å². The van der Waals surface area contributed by atoms with E-state index in [2.05, 4.69) is 11.7 Å². The number of hydrogen-bond acceptors (Lipinski definition) is 5. The van der Waals surface area contributed by atoms with Gasteiger partial charge in [0.15, 0.2) is 0 Å². The summed E-state index contributed by atoms with van der Waals surface area (Å²) in [5.41, 5.74) is -0.786. The van der Waals surface area contributed by atoms with Gasteiger partial charge in [0.2, 0.25) is 0 Å². The van der Waals surface area contributed by atoms with Crippen LogP contribution in [-0.2, 0) is 14.3 Å². The Hall–Kier alpha value is -1.46. The summed E-state index contributed by atoms with van der Waals surface area (Å²) in [5, 5.41) is 20.8. The summed E-state index contributed by atoms with van der Waals surface area (Å²) in [4.78, 5) is 23.9. The van der Waals surface area contributed by atoms with Gasteiger partial charge in [0.25, 0.3) is 0 Å². The van der Waals surface area contributed by atoms with E-state index in [1.54, 1.807) is 19.9 Å². The lowest BCUT2D eigenvalue weighted by Crippen LogP contribution is -2.31. The minimum atomic E-state index is -0.786. The van der Waals surface area contributed by atoms with E-state index in [0.29, 0.717) is 25.7 Å². The quantitative estimate of drug-likeness (QED) is 0.297. The van der Waals surface area contributed by atoms with Crippen LogP contribution in [0.4, 0.5) is 0 Å². The summed E-state index contributed by atoms with van der Waals surface area (Å²) in [6, 6.07) is 0. The monoisotopic (exact) mass is 394 g/mol. The maximum Gasteiger partial charge on any atom is 0.305 e. The molecule has 0 saturated heterocycles. The molecule has 1 fully saturated rings. The topological polar surface area (TPSA) is 83.8 Å². The Balaban J connectivity index is 2.66. The minimum absolute atomic E-state index is 0.0642. The predicted molar refractivity (Wildman–Crippen MR) is 111 cm³/mol. The van der Waals surface area contributed by atoms with Crippen molar-refractivity contribution in [3.63, 3.8) is 0 Å². The Kier molecular flexibility index (Phi) is 10.7. The Labute approximate surface area is 169 Å². The fourth-order valence-corrected chi connectivity index (χ4v) is 3.79. The molecule has 5 nitrogen and oxygen atoms in total. The number of ether oxygens (including phenoxy) is 1. The number of ketones is 1. The molecule has 0 aromatic heterocycles. The molecule has 4 atom stereocenters. The van der Waals surface area contributed by atoms with Crippen molar-refractivity contribution >= 4 is 11.8 Å². The molecule has 0 unspecified atom stereocenters. The third-order valence-corrected chi connectivity index (χ3v) is 5.74. The zero-order valence-corrected chi connectivity index (χ0v) is 17.9. The lowest BCUT2D eigenvalue weighted by Gasteiger charge is -2.22. The number of carbonyl (C=O) groups excluding carboxylic acids is 2. The Morgan fingerprint density at radius 1 is 1.25 bits per heavy atom. The van der Waals surface area contributed by atoms with Crippen molar-refractivity contribution in [2.24, 2.45) is 17.3 Å². The van der Waals surface area contributed by atoms with Gasteiger partial charge in [0.05, 0.1) is 24.7 Å². The van der Waals surface area contributed by atoms with Crippen LogP contribution >= 0.6 is 0 Å². The van der Waals surface area contributed by atoms with Crippen LogP contribution in [-0.4, -0.2) is 41.3 Å². The molecule has 0 bridgehead atoms. The molecule has 5 heteroatoms. The normalized spacial score (nSPS) is 25.6. The van der Waals surface area contributed by atoms with Gasteiger partial charge >= 0.3 is 5.97 Å². The Morgan fingerprint density at radius 3 is 2.61 bits per heavy atom. The number of methoxy groups -OCH3 is 1. The van der Waals surface area contributed by atoms with Crippen LogP contribution in [0.1, 0.15) is 72.1 Å². The van der Waals surface area contributed by atoms with E-state index in [4.69, 9.17) is 0 Å². The number of allylic oxidation sites excluding steroid dienone is 2. The van der Waals surface area contributed by atoms with Crippen LogP contribution in [0.15, 0.2) is 24.3 Å². The molecule has 0 heterocycles.